The van der Waals surface area contributed by atoms with Crippen molar-refractivity contribution in [1.82, 2.24) is 13.7 Å². The quantitative estimate of drug-likeness (QED) is 0.405. The van der Waals surface area contributed by atoms with Gasteiger partial charge in [-0.05, 0) is 30.7 Å². The summed E-state index contributed by atoms with van der Waals surface area (Å²) in [6.07, 6.45) is -0.831. The molecule has 6 rings (SSSR count). The number of nitrogens with zero attached hydrogens (tertiary/aromatic N) is 3. The van der Waals surface area contributed by atoms with E-state index in [9.17, 15) is 14.7 Å². The molecule has 37 heavy (non-hydrogen) atoms. The molecule has 0 spiro atoms. The number of rotatable bonds is 3. The van der Waals surface area contributed by atoms with Crippen LogP contribution < -0.4 is 20.7 Å². The number of aromatic nitrogens is 3. The second-order valence-corrected chi connectivity index (χ2v) is 9.18. The van der Waals surface area contributed by atoms with Crippen molar-refractivity contribution in [2.75, 3.05) is 7.11 Å². The summed E-state index contributed by atoms with van der Waals surface area (Å²) < 4.78 is 16.5. The third-order valence-corrected chi connectivity index (χ3v) is 7.14. The van der Waals surface area contributed by atoms with Crippen LogP contribution in [-0.4, -0.2) is 25.9 Å². The van der Waals surface area contributed by atoms with Gasteiger partial charge in [-0.25, -0.2) is 4.79 Å². The molecule has 2 aromatic heterocycles. The van der Waals surface area contributed by atoms with E-state index in [1.54, 1.807) is 25.2 Å². The van der Waals surface area contributed by atoms with Gasteiger partial charge >= 0.3 is 5.69 Å². The van der Waals surface area contributed by atoms with E-state index in [1.165, 1.54) is 18.7 Å². The van der Waals surface area contributed by atoms with E-state index < -0.39 is 17.4 Å². The third-order valence-electron chi connectivity index (χ3n) is 7.14. The molecule has 0 saturated carbocycles. The molecule has 1 unspecified atom stereocenters. The number of ether oxygens (including phenoxy) is 2. The topological polar surface area (TPSA) is 87.6 Å². The fourth-order valence-electron chi connectivity index (χ4n) is 5.33. The van der Waals surface area contributed by atoms with Crippen molar-refractivity contribution >= 4 is 10.9 Å². The Balaban J connectivity index is 1.88. The van der Waals surface area contributed by atoms with Gasteiger partial charge in [0.15, 0.2) is 17.6 Å². The lowest BCUT2D eigenvalue weighted by Crippen LogP contribution is -2.37. The molecule has 3 heterocycles. The highest BCUT2D eigenvalue weighted by Gasteiger charge is 2.37. The van der Waals surface area contributed by atoms with Gasteiger partial charge in [0.1, 0.15) is 5.75 Å². The maximum Gasteiger partial charge on any atom is 0.331 e. The summed E-state index contributed by atoms with van der Waals surface area (Å²) in [5.74, 6) is 0.812. The molecule has 186 valence electrons. The number of aromatic hydroxyl groups is 1. The lowest BCUT2D eigenvalue weighted by molar-refractivity contribution is 0.223. The standard InChI is InChI=1S/C29H25N3O5/c1-16-10-5-6-11-17(16)23-22-24(30(2)29(35)31(3)28(22)34)25-27(18-12-9-15-21(36-4)26(18)33)37-20-14-8-7-13-19(20)32(23)25/h5-15,27,33H,1-4H3. The summed E-state index contributed by atoms with van der Waals surface area (Å²) in [4.78, 5) is 26.9. The largest absolute Gasteiger partial charge is 0.504 e. The van der Waals surface area contributed by atoms with Crippen LogP contribution in [0.3, 0.4) is 0 Å². The number of benzene rings is 3. The Hall–Kier alpha value is -4.72. The van der Waals surface area contributed by atoms with Gasteiger partial charge in [0.05, 0.1) is 35.1 Å². The summed E-state index contributed by atoms with van der Waals surface area (Å²) in [5.41, 5.74) is 3.88. The van der Waals surface area contributed by atoms with E-state index in [0.29, 0.717) is 39.4 Å². The van der Waals surface area contributed by atoms with Crippen molar-refractivity contribution in [3.63, 3.8) is 0 Å². The predicted octanol–water partition coefficient (Wildman–Crippen LogP) is 4.20. The van der Waals surface area contributed by atoms with Crippen molar-refractivity contribution in [3.8, 4) is 34.2 Å². The summed E-state index contributed by atoms with van der Waals surface area (Å²) in [6, 6.07) is 20.6. The molecule has 1 atom stereocenters. The molecule has 1 N–H and O–H groups in total. The maximum atomic E-state index is 13.8. The van der Waals surface area contributed by atoms with Crippen LogP contribution >= 0.6 is 0 Å². The molecule has 0 radical (unpaired) electrons. The monoisotopic (exact) mass is 495 g/mol. The molecule has 1 aliphatic heterocycles. The first-order chi connectivity index (χ1) is 17.8. The van der Waals surface area contributed by atoms with Crippen LogP contribution in [-0.2, 0) is 14.1 Å². The number of aryl methyl sites for hydroxylation is 2. The van der Waals surface area contributed by atoms with Gasteiger partial charge < -0.3 is 19.1 Å². The van der Waals surface area contributed by atoms with Crippen LogP contribution in [0.2, 0.25) is 0 Å². The van der Waals surface area contributed by atoms with Crippen molar-refractivity contribution in [2.24, 2.45) is 14.1 Å². The van der Waals surface area contributed by atoms with Gasteiger partial charge in [-0.2, -0.15) is 0 Å². The van der Waals surface area contributed by atoms with Gasteiger partial charge in [-0.3, -0.25) is 13.9 Å². The zero-order chi connectivity index (χ0) is 26.0. The molecule has 0 aliphatic carbocycles. The van der Waals surface area contributed by atoms with E-state index >= 15 is 0 Å². The second-order valence-electron chi connectivity index (χ2n) is 9.18. The highest BCUT2D eigenvalue weighted by atomic mass is 16.5. The average molecular weight is 496 g/mol. The zero-order valence-corrected chi connectivity index (χ0v) is 20.9. The van der Waals surface area contributed by atoms with E-state index in [2.05, 4.69) is 0 Å². The number of methoxy groups -OCH3 is 1. The van der Waals surface area contributed by atoms with Crippen molar-refractivity contribution in [2.45, 2.75) is 13.0 Å². The summed E-state index contributed by atoms with van der Waals surface area (Å²) in [7, 11) is 4.62. The van der Waals surface area contributed by atoms with Crippen molar-refractivity contribution < 1.29 is 14.6 Å². The van der Waals surface area contributed by atoms with Crippen LogP contribution in [0.15, 0.2) is 76.3 Å². The molecular formula is C29H25N3O5. The Labute approximate surface area is 212 Å². The second kappa shape index (κ2) is 8.16. The smallest absolute Gasteiger partial charge is 0.331 e. The van der Waals surface area contributed by atoms with Gasteiger partial charge in [0, 0.05) is 25.2 Å². The van der Waals surface area contributed by atoms with E-state index in [0.717, 1.165) is 21.4 Å². The molecule has 0 amide bonds. The zero-order valence-electron chi connectivity index (χ0n) is 20.9. The highest BCUT2D eigenvalue weighted by Crippen LogP contribution is 2.49. The minimum atomic E-state index is -0.831. The number of hydrogen-bond acceptors (Lipinski definition) is 5. The van der Waals surface area contributed by atoms with Crippen LogP contribution in [0.5, 0.6) is 17.2 Å². The first kappa shape index (κ1) is 22.7. The minimum Gasteiger partial charge on any atom is -0.504 e. The molecule has 0 bridgehead atoms. The van der Waals surface area contributed by atoms with Gasteiger partial charge in [0.25, 0.3) is 5.56 Å². The molecule has 3 aromatic carbocycles. The van der Waals surface area contributed by atoms with Crippen LogP contribution in [0, 0.1) is 6.92 Å². The van der Waals surface area contributed by atoms with Gasteiger partial charge in [-0.1, -0.05) is 48.5 Å². The number of fused-ring (bicyclic) bond motifs is 5. The fraction of sp³-hybridized carbons (Fsp3) is 0.172. The molecule has 8 heteroatoms. The summed E-state index contributed by atoms with van der Waals surface area (Å²) in [5, 5.41) is 11.5. The first-order valence-corrected chi connectivity index (χ1v) is 11.9. The Morgan fingerprint density at radius 1 is 0.919 bits per heavy atom. The molecule has 0 fully saturated rings. The lowest BCUT2D eigenvalue weighted by atomic mass is 10.0. The van der Waals surface area contributed by atoms with Gasteiger partial charge in [0.2, 0.25) is 0 Å². The van der Waals surface area contributed by atoms with Crippen LogP contribution in [0.1, 0.15) is 22.9 Å². The SMILES string of the molecule is COc1cccc(C2Oc3ccccc3-n3c(-c4ccccc4C)c4c(=O)n(C)c(=O)n(C)c4c32)c1O. The molecule has 0 saturated heterocycles. The van der Waals surface area contributed by atoms with Gasteiger partial charge in [-0.15, -0.1) is 0 Å². The Morgan fingerprint density at radius 2 is 1.65 bits per heavy atom. The first-order valence-electron chi connectivity index (χ1n) is 11.9. The Kier molecular flexibility index (Phi) is 5.01. The van der Waals surface area contributed by atoms with E-state index in [1.807, 2.05) is 60.0 Å². The normalized spacial score (nSPS) is 14.2. The summed E-state index contributed by atoms with van der Waals surface area (Å²) in [6.45, 7) is 1.99. The lowest BCUT2D eigenvalue weighted by Gasteiger charge is -2.30. The number of phenols is 1. The predicted molar refractivity (Wildman–Crippen MR) is 141 cm³/mol. The Bertz CT molecular complexity index is 1840. The number of phenolic OH excluding ortho intramolecular Hbond substituents is 1. The fourth-order valence-corrected chi connectivity index (χ4v) is 5.33. The molecule has 5 aromatic rings. The van der Waals surface area contributed by atoms with E-state index in [-0.39, 0.29) is 5.75 Å². The highest BCUT2D eigenvalue weighted by molar-refractivity contribution is 5.99. The third kappa shape index (κ3) is 3.08. The number of para-hydroxylation sites is 3. The van der Waals surface area contributed by atoms with Crippen molar-refractivity contribution in [1.29, 1.82) is 0 Å². The molecule has 8 nitrogen and oxygen atoms in total. The van der Waals surface area contributed by atoms with Crippen LogP contribution in [0.4, 0.5) is 0 Å². The van der Waals surface area contributed by atoms with E-state index in [4.69, 9.17) is 9.47 Å². The van der Waals surface area contributed by atoms with Crippen LogP contribution in [0.25, 0.3) is 27.8 Å². The average Bonchev–Trinajstić information content (AvgIpc) is 3.27. The minimum absolute atomic E-state index is 0.0680. The van der Waals surface area contributed by atoms with Crippen molar-refractivity contribution in [3.05, 3.63) is 104 Å². The molecular weight excluding hydrogens is 470 g/mol. The Morgan fingerprint density at radius 3 is 2.41 bits per heavy atom. The molecule has 1 aliphatic rings. The summed E-state index contributed by atoms with van der Waals surface area (Å²) >= 11 is 0. The number of hydrogen-bond donors (Lipinski definition) is 1. The maximum absolute atomic E-state index is 13.8.